The van der Waals surface area contributed by atoms with Crippen LogP contribution in [0, 0.1) is 0 Å². The van der Waals surface area contributed by atoms with Crippen molar-refractivity contribution in [2.45, 2.75) is 0 Å². The van der Waals surface area contributed by atoms with Gasteiger partial charge in [-0.1, -0.05) is 47.6 Å². The van der Waals surface area contributed by atoms with Crippen LogP contribution in [0.2, 0.25) is 0 Å². The molecular formula is C18H13N3O3. The molecule has 4 rings (SSSR count). The molecule has 0 saturated carbocycles. The molecule has 118 valence electrons. The number of para-hydroxylation sites is 2. The molecule has 1 aliphatic heterocycles. The second-order valence-electron chi connectivity index (χ2n) is 5.40. The van der Waals surface area contributed by atoms with Gasteiger partial charge in [0.25, 0.3) is 5.91 Å². The summed E-state index contributed by atoms with van der Waals surface area (Å²) in [7, 11) is 0. The Hall–Kier alpha value is -3.41. The number of anilines is 2. The first-order valence-corrected chi connectivity index (χ1v) is 7.45. The number of benzene rings is 2. The van der Waals surface area contributed by atoms with Crippen molar-refractivity contribution in [1.29, 1.82) is 0 Å². The summed E-state index contributed by atoms with van der Waals surface area (Å²) in [5, 5.41) is 6.62. The number of aromatic nitrogens is 1. The number of hydrogen-bond acceptors (Lipinski definition) is 4. The Balaban J connectivity index is 1.68. The summed E-state index contributed by atoms with van der Waals surface area (Å²) >= 11 is 0. The summed E-state index contributed by atoms with van der Waals surface area (Å²) in [5.41, 5.74) is 2.25. The van der Waals surface area contributed by atoms with Crippen molar-refractivity contribution in [3.8, 4) is 11.3 Å². The largest absolute Gasteiger partial charge is 0.355 e. The van der Waals surface area contributed by atoms with Gasteiger partial charge in [-0.25, -0.2) is 0 Å². The number of hydrogen-bond donors (Lipinski definition) is 1. The van der Waals surface area contributed by atoms with E-state index in [9.17, 15) is 9.59 Å². The van der Waals surface area contributed by atoms with Crippen LogP contribution in [-0.4, -0.2) is 23.5 Å². The summed E-state index contributed by atoms with van der Waals surface area (Å²) in [6.45, 7) is -0.0522. The van der Waals surface area contributed by atoms with Crippen LogP contribution in [0.4, 0.5) is 11.4 Å². The molecule has 0 radical (unpaired) electrons. The molecule has 0 fully saturated rings. The fourth-order valence-corrected chi connectivity index (χ4v) is 2.67. The maximum atomic E-state index is 12.8. The Kier molecular flexibility index (Phi) is 3.35. The Morgan fingerprint density at radius 1 is 1.08 bits per heavy atom. The van der Waals surface area contributed by atoms with E-state index < -0.39 is 0 Å². The van der Waals surface area contributed by atoms with Gasteiger partial charge in [0.05, 0.1) is 11.4 Å². The van der Waals surface area contributed by atoms with Crippen molar-refractivity contribution in [2.24, 2.45) is 0 Å². The van der Waals surface area contributed by atoms with Gasteiger partial charge in [0, 0.05) is 11.6 Å². The maximum Gasteiger partial charge on any atom is 0.281 e. The molecule has 0 spiro atoms. The number of carbonyl (C=O) groups is 2. The number of rotatable bonds is 2. The Bertz CT molecular complexity index is 918. The first-order valence-electron chi connectivity index (χ1n) is 7.45. The highest BCUT2D eigenvalue weighted by Crippen LogP contribution is 2.30. The lowest BCUT2D eigenvalue weighted by atomic mass is 10.1. The Labute approximate surface area is 137 Å². The average Bonchev–Trinajstić information content (AvgIpc) is 3.11. The van der Waals surface area contributed by atoms with Crippen LogP contribution >= 0.6 is 0 Å². The van der Waals surface area contributed by atoms with Gasteiger partial charge in [-0.15, -0.1) is 0 Å². The first-order chi connectivity index (χ1) is 11.7. The maximum absolute atomic E-state index is 12.8. The van der Waals surface area contributed by atoms with Crippen molar-refractivity contribution in [3.63, 3.8) is 0 Å². The molecule has 0 aliphatic carbocycles. The number of nitrogens with one attached hydrogen (secondary N) is 1. The summed E-state index contributed by atoms with van der Waals surface area (Å²) in [4.78, 5) is 26.0. The van der Waals surface area contributed by atoms with Crippen LogP contribution in [0.3, 0.4) is 0 Å². The lowest BCUT2D eigenvalue weighted by Crippen LogP contribution is -2.42. The van der Waals surface area contributed by atoms with Crippen molar-refractivity contribution < 1.29 is 14.1 Å². The Morgan fingerprint density at radius 3 is 2.67 bits per heavy atom. The molecule has 1 aliphatic rings. The minimum absolute atomic E-state index is 0.0522. The fourth-order valence-electron chi connectivity index (χ4n) is 2.67. The normalized spacial score (nSPS) is 13.3. The minimum Gasteiger partial charge on any atom is -0.355 e. The Morgan fingerprint density at radius 2 is 1.83 bits per heavy atom. The average molecular weight is 319 g/mol. The van der Waals surface area contributed by atoms with E-state index in [-0.39, 0.29) is 24.1 Å². The zero-order valence-electron chi connectivity index (χ0n) is 12.6. The zero-order chi connectivity index (χ0) is 16.5. The summed E-state index contributed by atoms with van der Waals surface area (Å²) in [5.74, 6) is -0.106. The van der Waals surface area contributed by atoms with Crippen molar-refractivity contribution >= 4 is 23.2 Å². The predicted molar refractivity (Wildman–Crippen MR) is 88.7 cm³/mol. The van der Waals surface area contributed by atoms with E-state index >= 15 is 0 Å². The highest BCUT2D eigenvalue weighted by atomic mass is 16.5. The minimum atomic E-state index is -0.372. The molecular weight excluding hydrogens is 306 g/mol. The van der Waals surface area contributed by atoms with E-state index in [0.717, 1.165) is 5.56 Å². The highest BCUT2D eigenvalue weighted by Gasteiger charge is 2.29. The molecule has 2 heterocycles. The molecule has 0 saturated heterocycles. The third-order valence-electron chi connectivity index (χ3n) is 3.80. The van der Waals surface area contributed by atoms with Crippen molar-refractivity contribution in [1.82, 2.24) is 5.16 Å². The van der Waals surface area contributed by atoms with Gasteiger partial charge in [-0.05, 0) is 12.1 Å². The van der Waals surface area contributed by atoms with E-state index in [4.69, 9.17) is 4.52 Å². The molecule has 24 heavy (non-hydrogen) atoms. The van der Waals surface area contributed by atoms with E-state index in [0.29, 0.717) is 17.1 Å². The van der Waals surface area contributed by atoms with Gasteiger partial charge < -0.3 is 9.84 Å². The van der Waals surface area contributed by atoms with E-state index in [1.807, 2.05) is 36.4 Å². The third kappa shape index (κ3) is 2.44. The van der Waals surface area contributed by atoms with Crippen LogP contribution < -0.4 is 10.2 Å². The summed E-state index contributed by atoms with van der Waals surface area (Å²) < 4.78 is 5.28. The van der Waals surface area contributed by atoms with Crippen molar-refractivity contribution in [2.75, 3.05) is 16.8 Å². The van der Waals surface area contributed by atoms with Gasteiger partial charge >= 0.3 is 0 Å². The molecule has 0 atom stereocenters. The lowest BCUT2D eigenvalue weighted by Gasteiger charge is -2.28. The van der Waals surface area contributed by atoms with Crippen LogP contribution in [0.5, 0.6) is 0 Å². The summed E-state index contributed by atoms with van der Waals surface area (Å²) in [6, 6.07) is 18.1. The smallest absolute Gasteiger partial charge is 0.281 e. The van der Waals surface area contributed by atoms with E-state index in [2.05, 4.69) is 10.5 Å². The molecule has 3 aromatic rings. The first kappa shape index (κ1) is 14.2. The number of carbonyl (C=O) groups excluding carboxylic acids is 2. The van der Waals surface area contributed by atoms with Gasteiger partial charge in [0.2, 0.25) is 5.91 Å². The standard InChI is InChI=1S/C18H13N3O3/c22-17-11-21(15-9-5-4-8-13(15)19-17)18(23)14-10-16(24-20-14)12-6-2-1-3-7-12/h1-10H,11H2,(H,19,22). The monoisotopic (exact) mass is 319 g/mol. The lowest BCUT2D eigenvalue weighted by molar-refractivity contribution is -0.115. The van der Waals surface area contributed by atoms with Crippen LogP contribution in [0.15, 0.2) is 65.2 Å². The molecule has 0 bridgehead atoms. The number of amides is 2. The van der Waals surface area contributed by atoms with Gasteiger partial charge in [-0.2, -0.15) is 0 Å². The molecule has 2 amide bonds. The number of fused-ring (bicyclic) bond motifs is 1. The van der Waals surface area contributed by atoms with Gasteiger partial charge in [0.1, 0.15) is 6.54 Å². The second-order valence-corrected chi connectivity index (χ2v) is 5.40. The fraction of sp³-hybridized carbons (Fsp3) is 0.0556. The summed E-state index contributed by atoms with van der Waals surface area (Å²) in [6.07, 6.45) is 0. The van der Waals surface area contributed by atoms with Gasteiger partial charge in [-0.3, -0.25) is 14.5 Å². The van der Waals surface area contributed by atoms with E-state index in [1.165, 1.54) is 4.90 Å². The van der Waals surface area contributed by atoms with Crippen LogP contribution in [-0.2, 0) is 4.79 Å². The predicted octanol–water partition coefficient (Wildman–Crippen LogP) is 2.94. The zero-order valence-corrected chi connectivity index (χ0v) is 12.6. The number of nitrogens with zero attached hydrogens (tertiary/aromatic N) is 2. The topological polar surface area (TPSA) is 75.4 Å². The molecule has 1 N–H and O–H groups in total. The SMILES string of the molecule is O=C1CN(C(=O)c2cc(-c3ccccc3)on2)c2ccccc2N1. The molecule has 6 nitrogen and oxygen atoms in total. The van der Waals surface area contributed by atoms with E-state index in [1.54, 1.807) is 24.3 Å². The van der Waals surface area contributed by atoms with Crippen LogP contribution in [0.1, 0.15) is 10.5 Å². The molecule has 2 aromatic carbocycles. The molecule has 6 heteroatoms. The highest BCUT2D eigenvalue weighted by molar-refractivity contribution is 6.14. The third-order valence-corrected chi connectivity index (χ3v) is 3.80. The van der Waals surface area contributed by atoms with Crippen LogP contribution in [0.25, 0.3) is 11.3 Å². The van der Waals surface area contributed by atoms with Crippen molar-refractivity contribution in [3.05, 3.63) is 66.4 Å². The molecule has 0 unspecified atom stereocenters. The van der Waals surface area contributed by atoms with Gasteiger partial charge in [0.15, 0.2) is 11.5 Å². The second kappa shape index (κ2) is 5.66. The molecule has 1 aromatic heterocycles. The quantitative estimate of drug-likeness (QED) is 0.788.